The molecule has 2 rings (SSSR count). The average molecular weight is 302 g/mol. The molecule has 0 aliphatic rings. The third-order valence-corrected chi connectivity index (χ3v) is 3.07. The molecule has 1 aromatic heterocycles. The van der Waals surface area contributed by atoms with Crippen LogP contribution in [-0.4, -0.2) is 21.6 Å². The summed E-state index contributed by atoms with van der Waals surface area (Å²) in [6.07, 6.45) is 1.01. The highest BCUT2D eigenvalue weighted by molar-refractivity contribution is 5.58. The molecule has 0 bridgehead atoms. The van der Waals surface area contributed by atoms with Crippen LogP contribution in [0.1, 0.15) is 25.8 Å². The van der Waals surface area contributed by atoms with Crippen molar-refractivity contribution in [3.8, 4) is 5.75 Å². The molecule has 0 amide bonds. The monoisotopic (exact) mass is 302 g/mol. The predicted octanol–water partition coefficient (Wildman–Crippen LogP) is 2.51. The molecule has 0 atom stereocenters. The van der Waals surface area contributed by atoms with Gasteiger partial charge in [0.25, 0.3) is 0 Å². The van der Waals surface area contributed by atoms with Crippen molar-refractivity contribution in [3.63, 3.8) is 0 Å². The van der Waals surface area contributed by atoms with Gasteiger partial charge in [0, 0.05) is 11.8 Å². The summed E-state index contributed by atoms with van der Waals surface area (Å²) < 4.78 is 5.83. The highest BCUT2D eigenvalue weighted by Gasteiger charge is 2.06. The quantitative estimate of drug-likeness (QED) is 0.751. The molecule has 5 N–H and O–H groups in total. The van der Waals surface area contributed by atoms with Gasteiger partial charge in [-0.15, -0.1) is 0 Å². The molecule has 1 aromatic carbocycles. The van der Waals surface area contributed by atoms with Gasteiger partial charge in [-0.1, -0.05) is 19.9 Å². The predicted molar refractivity (Wildman–Crippen MR) is 88.1 cm³/mol. The van der Waals surface area contributed by atoms with Crippen molar-refractivity contribution in [1.29, 1.82) is 0 Å². The smallest absolute Gasteiger partial charge is 0.233 e. The van der Waals surface area contributed by atoms with E-state index in [1.54, 1.807) is 0 Å². The van der Waals surface area contributed by atoms with E-state index in [0.717, 1.165) is 23.4 Å². The van der Waals surface area contributed by atoms with Crippen LogP contribution in [0.15, 0.2) is 18.2 Å². The Morgan fingerprint density at radius 2 is 1.82 bits per heavy atom. The summed E-state index contributed by atoms with van der Waals surface area (Å²) in [7, 11) is 0. The lowest BCUT2D eigenvalue weighted by Crippen LogP contribution is -2.07. The number of benzene rings is 1. The number of hydrogen-bond acceptors (Lipinski definition) is 7. The van der Waals surface area contributed by atoms with E-state index in [1.165, 1.54) is 0 Å². The number of nitrogen functional groups attached to an aromatic ring is 2. The molecule has 0 saturated heterocycles. The molecular weight excluding hydrogens is 280 g/mol. The Hall–Kier alpha value is -2.57. The third kappa shape index (κ3) is 4.47. The summed E-state index contributed by atoms with van der Waals surface area (Å²) in [6.45, 7) is 7.04. The minimum Gasteiger partial charge on any atom is -0.493 e. The van der Waals surface area contributed by atoms with Gasteiger partial charge in [-0.25, -0.2) is 0 Å². The van der Waals surface area contributed by atoms with Gasteiger partial charge in [-0.2, -0.15) is 15.0 Å². The van der Waals surface area contributed by atoms with Gasteiger partial charge >= 0.3 is 0 Å². The van der Waals surface area contributed by atoms with Crippen molar-refractivity contribution in [2.24, 2.45) is 5.92 Å². The lowest BCUT2D eigenvalue weighted by Gasteiger charge is -2.13. The van der Waals surface area contributed by atoms with Gasteiger partial charge in [-0.05, 0) is 30.9 Å². The van der Waals surface area contributed by atoms with Crippen LogP contribution >= 0.6 is 0 Å². The van der Waals surface area contributed by atoms with Crippen molar-refractivity contribution in [2.45, 2.75) is 27.2 Å². The highest BCUT2D eigenvalue weighted by Crippen LogP contribution is 2.25. The van der Waals surface area contributed by atoms with Crippen LogP contribution in [0.25, 0.3) is 0 Å². The summed E-state index contributed by atoms with van der Waals surface area (Å²) in [5.41, 5.74) is 13.0. The standard InChI is InChI=1S/C15H22N6O/c1-9(2)6-7-22-12-8-11(5-4-10(12)3)18-15-20-13(16)19-14(17)21-15/h4-5,8-9H,6-7H2,1-3H3,(H5,16,17,18,19,20,21). The molecule has 22 heavy (non-hydrogen) atoms. The first kappa shape index (κ1) is 15.8. The summed E-state index contributed by atoms with van der Waals surface area (Å²) in [5.74, 6) is 1.91. The Balaban J connectivity index is 2.11. The number of anilines is 4. The Kier molecular flexibility index (Phi) is 4.98. The Labute approximate surface area is 130 Å². The summed E-state index contributed by atoms with van der Waals surface area (Å²) in [5, 5.41) is 3.05. The number of aryl methyl sites for hydroxylation is 1. The van der Waals surface area contributed by atoms with Crippen molar-refractivity contribution >= 4 is 23.5 Å². The molecule has 0 spiro atoms. The average Bonchev–Trinajstić information content (AvgIpc) is 2.40. The molecule has 0 unspecified atom stereocenters. The third-order valence-electron chi connectivity index (χ3n) is 3.07. The van der Waals surface area contributed by atoms with Crippen LogP contribution in [0, 0.1) is 12.8 Å². The number of nitrogens with zero attached hydrogens (tertiary/aromatic N) is 3. The number of nitrogens with two attached hydrogens (primary N) is 2. The zero-order chi connectivity index (χ0) is 16.1. The fourth-order valence-electron chi connectivity index (χ4n) is 1.83. The van der Waals surface area contributed by atoms with Crippen LogP contribution in [0.2, 0.25) is 0 Å². The van der Waals surface area contributed by atoms with E-state index in [0.29, 0.717) is 18.5 Å². The Morgan fingerprint density at radius 3 is 2.45 bits per heavy atom. The number of ether oxygens (including phenoxy) is 1. The van der Waals surface area contributed by atoms with Gasteiger partial charge in [0.2, 0.25) is 17.8 Å². The fourth-order valence-corrected chi connectivity index (χ4v) is 1.83. The molecule has 0 saturated carbocycles. The largest absolute Gasteiger partial charge is 0.493 e. The van der Waals surface area contributed by atoms with Crippen LogP contribution in [-0.2, 0) is 0 Å². The topological polar surface area (TPSA) is 112 Å². The van der Waals surface area contributed by atoms with Crippen molar-refractivity contribution in [3.05, 3.63) is 23.8 Å². The number of hydrogen-bond donors (Lipinski definition) is 3. The van der Waals surface area contributed by atoms with E-state index in [1.807, 2.05) is 25.1 Å². The van der Waals surface area contributed by atoms with Crippen molar-refractivity contribution in [1.82, 2.24) is 15.0 Å². The zero-order valence-corrected chi connectivity index (χ0v) is 13.1. The first-order valence-electron chi connectivity index (χ1n) is 7.21. The molecule has 0 fully saturated rings. The molecular formula is C15H22N6O. The van der Waals surface area contributed by atoms with E-state index in [2.05, 4.69) is 34.1 Å². The highest BCUT2D eigenvalue weighted by atomic mass is 16.5. The fraction of sp³-hybridized carbons (Fsp3) is 0.400. The van der Waals surface area contributed by atoms with Gasteiger partial charge in [0.05, 0.1) is 6.61 Å². The van der Waals surface area contributed by atoms with E-state index < -0.39 is 0 Å². The minimum atomic E-state index is 0.0792. The first-order valence-corrected chi connectivity index (χ1v) is 7.21. The second kappa shape index (κ2) is 6.93. The molecule has 0 radical (unpaired) electrons. The summed E-state index contributed by atoms with van der Waals surface area (Å²) >= 11 is 0. The summed E-state index contributed by atoms with van der Waals surface area (Å²) in [4.78, 5) is 11.7. The van der Waals surface area contributed by atoms with E-state index in [4.69, 9.17) is 16.2 Å². The second-order valence-electron chi connectivity index (χ2n) is 5.51. The number of nitrogens with one attached hydrogen (secondary N) is 1. The van der Waals surface area contributed by atoms with Crippen LogP contribution in [0.5, 0.6) is 5.75 Å². The molecule has 118 valence electrons. The van der Waals surface area contributed by atoms with Gasteiger partial charge in [0.15, 0.2) is 0 Å². The molecule has 7 heteroatoms. The van der Waals surface area contributed by atoms with Crippen molar-refractivity contribution in [2.75, 3.05) is 23.4 Å². The lowest BCUT2D eigenvalue weighted by atomic mass is 10.1. The maximum absolute atomic E-state index is 5.83. The van der Waals surface area contributed by atoms with E-state index >= 15 is 0 Å². The van der Waals surface area contributed by atoms with Crippen LogP contribution in [0.3, 0.4) is 0 Å². The maximum atomic E-state index is 5.83. The number of aromatic nitrogens is 3. The van der Waals surface area contributed by atoms with Gasteiger partial charge in [0.1, 0.15) is 5.75 Å². The molecule has 0 aliphatic heterocycles. The van der Waals surface area contributed by atoms with Crippen LogP contribution < -0.4 is 21.5 Å². The number of rotatable bonds is 6. The first-order chi connectivity index (χ1) is 10.4. The summed E-state index contributed by atoms with van der Waals surface area (Å²) in [6, 6.07) is 5.80. The zero-order valence-electron chi connectivity index (χ0n) is 13.1. The van der Waals surface area contributed by atoms with Crippen molar-refractivity contribution < 1.29 is 4.74 Å². The molecule has 0 aliphatic carbocycles. The molecule has 7 nitrogen and oxygen atoms in total. The second-order valence-corrected chi connectivity index (χ2v) is 5.51. The molecule has 2 aromatic rings. The Morgan fingerprint density at radius 1 is 1.14 bits per heavy atom. The SMILES string of the molecule is Cc1ccc(Nc2nc(N)nc(N)n2)cc1OCCC(C)C. The van der Waals surface area contributed by atoms with E-state index in [9.17, 15) is 0 Å². The maximum Gasteiger partial charge on any atom is 0.233 e. The Bertz CT molecular complexity index is 624. The molecule has 1 heterocycles. The lowest BCUT2D eigenvalue weighted by molar-refractivity contribution is 0.288. The minimum absolute atomic E-state index is 0.0792. The van der Waals surface area contributed by atoms with Gasteiger partial charge < -0.3 is 21.5 Å². The van der Waals surface area contributed by atoms with E-state index in [-0.39, 0.29) is 11.9 Å². The van der Waals surface area contributed by atoms with Gasteiger partial charge in [-0.3, -0.25) is 0 Å². The van der Waals surface area contributed by atoms with Crippen LogP contribution in [0.4, 0.5) is 23.5 Å². The normalized spacial score (nSPS) is 10.7.